The average molecular weight is 460 g/mol. The molecule has 10 heteroatoms. The Bertz CT molecular complexity index is 1170. The van der Waals surface area contributed by atoms with Gasteiger partial charge in [0, 0.05) is 0 Å². The van der Waals surface area contributed by atoms with Crippen LogP contribution in [-0.2, 0) is 4.74 Å². The van der Waals surface area contributed by atoms with Gasteiger partial charge in [-0.25, -0.2) is 0 Å². The Morgan fingerprint density at radius 1 is 0.939 bits per heavy atom. The Hall–Kier alpha value is -3.15. The van der Waals surface area contributed by atoms with Gasteiger partial charge in [0.05, 0.1) is 31.8 Å². The van der Waals surface area contributed by atoms with Crippen LogP contribution < -0.4 is 19.6 Å². The molecule has 1 aromatic heterocycles. The molecule has 2 unspecified atom stereocenters. The molecule has 4 N–H and O–H groups in total. The molecule has 1 aliphatic rings. The summed E-state index contributed by atoms with van der Waals surface area (Å²) in [5, 5.41) is 39.7. The van der Waals surface area contributed by atoms with Crippen molar-refractivity contribution < 1.29 is 43.8 Å². The predicted molar refractivity (Wildman–Crippen MR) is 115 cm³/mol. The van der Waals surface area contributed by atoms with Gasteiger partial charge in [-0.15, -0.1) is 0 Å². The van der Waals surface area contributed by atoms with E-state index in [2.05, 4.69) is 0 Å². The van der Waals surface area contributed by atoms with E-state index in [-0.39, 0.29) is 27.9 Å². The van der Waals surface area contributed by atoms with E-state index < -0.39 is 37.3 Å². The van der Waals surface area contributed by atoms with Crippen molar-refractivity contribution in [1.29, 1.82) is 0 Å². The quantitative estimate of drug-likeness (QED) is 0.413. The molecule has 3 aromatic rings. The van der Waals surface area contributed by atoms with Gasteiger partial charge in [0.15, 0.2) is 11.3 Å². The average Bonchev–Trinajstić information content (AvgIpc) is 2.84. The van der Waals surface area contributed by atoms with Gasteiger partial charge in [-0.3, -0.25) is 4.79 Å². The van der Waals surface area contributed by atoms with E-state index in [0.717, 1.165) is 0 Å². The lowest BCUT2D eigenvalue weighted by molar-refractivity contribution is -0.277. The van der Waals surface area contributed by atoms with Crippen molar-refractivity contribution in [2.75, 3.05) is 20.8 Å². The summed E-state index contributed by atoms with van der Waals surface area (Å²) in [4.78, 5) is 13.1. The van der Waals surface area contributed by atoms with E-state index in [1.807, 2.05) is 0 Å². The molecule has 0 spiro atoms. The molecular formula is C23H24O10. The van der Waals surface area contributed by atoms with E-state index in [1.165, 1.54) is 25.5 Å². The van der Waals surface area contributed by atoms with Crippen molar-refractivity contribution >= 4 is 11.0 Å². The van der Waals surface area contributed by atoms with Crippen LogP contribution in [0.3, 0.4) is 0 Å². The van der Waals surface area contributed by atoms with Crippen molar-refractivity contribution in [3.8, 4) is 28.4 Å². The largest absolute Gasteiger partial charge is 0.497 e. The molecule has 10 nitrogen and oxygen atoms in total. The van der Waals surface area contributed by atoms with Gasteiger partial charge in [0.1, 0.15) is 36.4 Å². The Balaban J connectivity index is 1.70. The summed E-state index contributed by atoms with van der Waals surface area (Å²) in [6.07, 6.45) is -5.96. The predicted octanol–water partition coefficient (Wildman–Crippen LogP) is 0.656. The fourth-order valence-electron chi connectivity index (χ4n) is 3.70. The van der Waals surface area contributed by atoms with Crippen molar-refractivity contribution in [3.63, 3.8) is 0 Å². The lowest BCUT2D eigenvalue weighted by atomic mass is 9.99. The molecule has 0 aliphatic carbocycles. The van der Waals surface area contributed by atoms with Crippen LogP contribution in [-0.4, -0.2) is 72.0 Å². The van der Waals surface area contributed by atoms with Crippen LogP contribution in [0.2, 0.25) is 0 Å². The smallest absolute Gasteiger partial charge is 0.229 e. The highest BCUT2D eigenvalue weighted by molar-refractivity contribution is 5.88. The van der Waals surface area contributed by atoms with Crippen LogP contribution >= 0.6 is 0 Å². The lowest BCUT2D eigenvalue weighted by Gasteiger charge is -2.39. The molecule has 1 fully saturated rings. The fourth-order valence-corrected chi connectivity index (χ4v) is 3.70. The molecule has 4 rings (SSSR count). The zero-order valence-corrected chi connectivity index (χ0v) is 17.9. The molecule has 176 valence electrons. The first-order valence-corrected chi connectivity index (χ1v) is 10.1. The third-order valence-electron chi connectivity index (χ3n) is 5.56. The third kappa shape index (κ3) is 4.14. The monoisotopic (exact) mass is 460 g/mol. The highest BCUT2D eigenvalue weighted by atomic mass is 16.7. The number of aliphatic hydroxyl groups is 4. The summed E-state index contributed by atoms with van der Waals surface area (Å²) < 4.78 is 27.3. The minimum atomic E-state index is -1.60. The maximum atomic E-state index is 13.1. The van der Waals surface area contributed by atoms with Gasteiger partial charge < -0.3 is 43.8 Å². The van der Waals surface area contributed by atoms with Gasteiger partial charge in [0.25, 0.3) is 0 Å². The standard InChI is InChI=1S/C23H24O10/c1-29-12-5-3-11(4-6-12)14-10-31-21-13(17(14)25)7-8-15(22(21)30-2)32-23-20(28)19(27)18(26)16(9-24)33-23/h3-8,10,16,18-20,23-24,26-28H,9H2,1-2H3/t16?,18-,19+,20?,23-/m1/s1. The summed E-state index contributed by atoms with van der Waals surface area (Å²) >= 11 is 0. The number of rotatable bonds is 6. The first-order valence-electron chi connectivity index (χ1n) is 10.1. The van der Waals surface area contributed by atoms with Crippen molar-refractivity contribution in [2.45, 2.75) is 30.7 Å². The highest BCUT2D eigenvalue weighted by Gasteiger charge is 2.45. The molecule has 5 atom stereocenters. The lowest BCUT2D eigenvalue weighted by Crippen LogP contribution is -2.60. The Morgan fingerprint density at radius 3 is 2.30 bits per heavy atom. The third-order valence-corrected chi connectivity index (χ3v) is 5.56. The number of fused-ring (bicyclic) bond motifs is 1. The molecule has 33 heavy (non-hydrogen) atoms. The SMILES string of the molecule is COc1ccc(-c2coc3c(OC)c(O[C@@H]4OC(CO)[C@@H](O)[C@H](O)C4O)ccc3c2=O)cc1. The van der Waals surface area contributed by atoms with E-state index in [1.54, 1.807) is 31.4 Å². The number of methoxy groups -OCH3 is 2. The van der Waals surface area contributed by atoms with Crippen LogP contribution in [0.25, 0.3) is 22.1 Å². The van der Waals surface area contributed by atoms with Gasteiger partial charge in [0.2, 0.25) is 17.5 Å². The van der Waals surface area contributed by atoms with E-state index in [4.69, 9.17) is 23.4 Å². The fraction of sp³-hybridized carbons (Fsp3) is 0.348. The highest BCUT2D eigenvalue weighted by Crippen LogP contribution is 2.37. The second-order valence-corrected chi connectivity index (χ2v) is 7.50. The zero-order valence-electron chi connectivity index (χ0n) is 17.9. The molecular weight excluding hydrogens is 436 g/mol. The number of benzene rings is 2. The van der Waals surface area contributed by atoms with E-state index in [0.29, 0.717) is 16.9 Å². The molecule has 1 saturated heterocycles. The minimum absolute atomic E-state index is 0.0645. The molecule has 0 bridgehead atoms. The Labute approximate surface area is 188 Å². The van der Waals surface area contributed by atoms with Gasteiger partial charge in [-0.05, 0) is 29.8 Å². The summed E-state index contributed by atoms with van der Waals surface area (Å²) in [5.74, 6) is 0.790. The molecule has 0 saturated carbocycles. The van der Waals surface area contributed by atoms with Gasteiger partial charge in [-0.1, -0.05) is 12.1 Å². The van der Waals surface area contributed by atoms with E-state index in [9.17, 15) is 25.2 Å². The summed E-state index contributed by atoms with van der Waals surface area (Å²) in [5.41, 5.74) is 0.808. The molecule has 2 heterocycles. The van der Waals surface area contributed by atoms with Crippen LogP contribution in [0.5, 0.6) is 17.2 Å². The van der Waals surface area contributed by atoms with E-state index >= 15 is 0 Å². The van der Waals surface area contributed by atoms with Gasteiger partial charge in [-0.2, -0.15) is 0 Å². The number of hydrogen-bond donors (Lipinski definition) is 4. The maximum absolute atomic E-state index is 13.1. The first kappa shape index (κ1) is 23.0. The van der Waals surface area contributed by atoms with Crippen molar-refractivity contribution in [3.05, 3.63) is 52.9 Å². The molecule has 0 radical (unpaired) electrons. The Kier molecular flexibility index (Phi) is 6.54. The van der Waals surface area contributed by atoms with Crippen LogP contribution in [0.4, 0.5) is 0 Å². The molecule has 2 aromatic carbocycles. The second-order valence-electron chi connectivity index (χ2n) is 7.50. The summed E-state index contributed by atoms with van der Waals surface area (Å²) in [7, 11) is 2.90. The minimum Gasteiger partial charge on any atom is -0.497 e. The van der Waals surface area contributed by atoms with Gasteiger partial charge >= 0.3 is 0 Å². The molecule has 0 amide bonds. The van der Waals surface area contributed by atoms with Crippen LogP contribution in [0, 0.1) is 0 Å². The van der Waals surface area contributed by atoms with Crippen LogP contribution in [0.15, 0.2) is 51.9 Å². The topological polar surface area (TPSA) is 148 Å². The van der Waals surface area contributed by atoms with Crippen molar-refractivity contribution in [1.82, 2.24) is 0 Å². The number of hydrogen-bond acceptors (Lipinski definition) is 10. The second kappa shape index (κ2) is 9.38. The summed E-state index contributed by atoms with van der Waals surface area (Å²) in [6, 6.07) is 9.87. The Morgan fingerprint density at radius 2 is 1.67 bits per heavy atom. The number of ether oxygens (including phenoxy) is 4. The number of aliphatic hydroxyl groups excluding tert-OH is 4. The van der Waals surface area contributed by atoms with Crippen molar-refractivity contribution in [2.24, 2.45) is 0 Å². The maximum Gasteiger partial charge on any atom is 0.229 e. The first-order chi connectivity index (χ1) is 15.9. The van der Waals surface area contributed by atoms with Crippen LogP contribution in [0.1, 0.15) is 0 Å². The zero-order chi connectivity index (χ0) is 23.7. The summed E-state index contributed by atoms with van der Waals surface area (Å²) in [6.45, 7) is -0.595. The molecule has 1 aliphatic heterocycles. The normalized spacial score (nSPS) is 25.1.